The summed E-state index contributed by atoms with van der Waals surface area (Å²) < 4.78 is 0. The maximum Gasteiger partial charge on any atom is 0.272 e. The van der Waals surface area contributed by atoms with Crippen LogP contribution in [0.5, 0.6) is 0 Å². The molecule has 0 saturated carbocycles. The van der Waals surface area contributed by atoms with Crippen LogP contribution < -0.4 is 0 Å². The number of carbonyl (C=O) groups excluding carboxylic acids is 1. The maximum absolute atomic E-state index is 12.8. The molecule has 6 heteroatoms. The van der Waals surface area contributed by atoms with Gasteiger partial charge in [-0.25, -0.2) is 4.98 Å². The Morgan fingerprint density at radius 2 is 1.88 bits per heavy atom. The van der Waals surface area contributed by atoms with Crippen molar-refractivity contribution in [2.24, 2.45) is 0 Å². The summed E-state index contributed by atoms with van der Waals surface area (Å²) in [6, 6.07) is 17.1. The van der Waals surface area contributed by atoms with Gasteiger partial charge in [0.05, 0.1) is 16.5 Å². The van der Waals surface area contributed by atoms with E-state index >= 15 is 0 Å². The molecule has 0 bridgehead atoms. The third kappa shape index (κ3) is 3.33. The molecule has 3 aromatic rings. The Balaban J connectivity index is 1.87. The highest BCUT2D eigenvalue weighted by Gasteiger charge is 2.21. The molecule has 6 nitrogen and oxygen atoms in total. The maximum atomic E-state index is 12.8. The van der Waals surface area contributed by atoms with Crippen molar-refractivity contribution < 1.29 is 9.72 Å². The van der Waals surface area contributed by atoms with Gasteiger partial charge in [-0.3, -0.25) is 14.9 Å². The number of pyridine rings is 1. The van der Waals surface area contributed by atoms with Gasteiger partial charge in [0.25, 0.3) is 11.6 Å². The fourth-order valence-corrected chi connectivity index (χ4v) is 2.66. The van der Waals surface area contributed by atoms with Gasteiger partial charge in [-0.1, -0.05) is 36.4 Å². The molecule has 0 radical (unpaired) electrons. The van der Waals surface area contributed by atoms with E-state index in [0.29, 0.717) is 11.3 Å². The molecule has 3 rings (SSSR count). The lowest BCUT2D eigenvalue weighted by Gasteiger charge is -2.25. The second kappa shape index (κ2) is 6.68. The van der Waals surface area contributed by atoms with Gasteiger partial charge in [0, 0.05) is 24.6 Å². The van der Waals surface area contributed by atoms with Gasteiger partial charge in [-0.2, -0.15) is 0 Å². The largest absolute Gasteiger partial charge is 0.334 e. The molecule has 1 amide bonds. The number of benzene rings is 2. The smallest absolute Gasteiger partial charge is 0.272 e. The van der Waals surface area contributed by atoms with Crippen LogP contribution in [0.2, 0.25) is 0 Å². The minimum atomic E-state index is -0.442. The van der Waals surface area contributed by atoms with Crippen LogP contribution in [0.1, 0.15) is 29.0 Å². The number of hydrogen-bond donors (Lipinski definition) is 0. The van der Waals surface area contributed by atoms with Crippen molar-refractivity contribution in [1.29, 1.82) is 0 Å². The van der Waals surface area contributed by atoms with E-state index in [-0.39, 0.29) is 17.6 Å². The molecule has 25 heavy (non-hydrogen) atoms. The first-order valence-electron chi connectivity index (χ1n) is 7.84. The van der Waals surface area contributed by atoms with Crippen molar-refractivity contribution >= 4 is 22.5 Å². The van der Waals surface area contributed by atoms with E-state index in [0.717, 1.165) is 10.9 Å². The van der Waals surface area contributed by atoms with Crippen LogP contribution in [0.15, 0.2) is 60.7 Å². The van der Waals surface area contributed by atoms with Gasteiger partial charge in [0.2, 0.25) is 0 Å². The number of rotatable bonds is 4. The van der Waals surface area contributed by atoms with Crippen LogP contribution in [-0.2, 0) is 0 Å². The highest BCUT2D eigenvalue weighted by atomic mass is 16.6. The highest BCUT2D eigenvalue weighted by molar-refractivity contribution is 5.95. The molecule has 0 saturated heterocycles. The van der Waals surface area contributed by atoms with E-state index in [9.17, 15) is 14.9 Å². The average molecular weight is 335 g/mol. The number of hydrogen-bond acceptors (Lipinski definition) is 4. The Bertz CT molecular complexity index is 955. The van der Waals surface area contributed by atoms with Gasteiger partial charge in [0.1, 0.15) is 5.69 Å². The minimum absolute atomic E-state index is 0.00836. The number of carbonyl (C=O) groups is 1. The zero-order valence-corrected chi connectivity index (χ0v) is 13.9. The lowest BCUT2D eigenvalue weighted by atomic mass is 10.1. The number of amides is 1. The number of nitro groups is 1. The van der Waals surface area contributed by atoms with Crippen LogP contribution in [-0.4, -0.2) is 27.8 Å². The Morgan fingerprint density at radius 1 is 1.12 bits per heavy atom. The van der Waals surface area contributed by atoms with Gasteiger partial charge in [0.15, 0.2) is 0 Å². The summed E-state index contributed by atoms with van der Waals surface area (Å²) in [6.45, 7) is 1.83. The molecule has 0 fully saturated rings. The first-order valence-corrected chi connectivity index (χ1v) is 7.84. The molecule has 126 valence electrons. The third-order valence-corrected chi connectivity index (χ3v) is 4.28. The van der Waals surface area contributed by atoms with Gasteiger partial charge < -0.3 is 4.90 Å². The van der Waals surface area contributed by atoms with E-state index in [1.165, 1.54) is 17.0 Å². The number of nitrogens with zero attached hydrogens (tertiary/aromatic N) is 3. The lowest BCUT2D eigenvalue weighted by Crippen LogP contribution is -2.30. The molecule has 1 heterocycles. The van der Waals surface area contributed by atoms with Gasteiger partial charge >= 0.3 is 0 Å². The molecule has 0 spiro atoms. The predicted molar refractivity (Wildman–Crippen MR) is 95.3 cm³/mol. The number of para-hydroxylation sites is 1. The van der Waals surface area contributed by atoms with Crippen LogP contribution in [0.4, 0.5) is 5.69 Å². The molecule has 0 N–H and O–H groups in total. The van der Waals surface area contributed by atoms with Crippen molar-refractivity contribution in [3.8, 4) is 0 Å². The number of non-ortho nitro benzene ring substituents is 1. The topological polar surface area (TPSA) is 76.3 Å². The molecule has 0 unspecified atom stereocenters. The van der Waals surface area contributed by atoms with E-state index in [2.05, 4.69) is 4.98 Å². The average Bonchev–Trinajstić information content (AvgIpc) is 2.65. The second-order valence-electron chi connectivity index (χ2n) is 5.83. The van der Waals surface area contributed by atoms with Crippen molar-refractivity contribution in [2.45, 2.75) is 13.0 Å². The molecule has 1 atom stereocenters. The fourth-order valence-electron chi connectivity index (χ4n) is 2.66. The molecule has 0 aliphatic rings. The first kappa shape index (κ1) is 16.6. The van der Waals surface area contributed by atoms with Gasteiger partial charge in [-0.15, -0.1) is 0 Å². The third-order valence-electron chi connectivity index (χ3n) is 4.28. The predicted octanol–water partition coefficient (Wildman–Crippen LogP) is 3.98. The van der Waals surface area contributed by atoms with Gasteiger partial charge in [-0.05, 0) is 24.6 Å². The molecule has 0 aliphatic heterocycles. The summed E-state index contributed by atoms with van der Waals surface area (Å²) >= 11 is 0. The lowest BCUT2D eigenvalue weighted by molar-refractivity contribution is -0.384. The van der Waals surface area contributed by atoms with E-state index in [4.69, 9.17) is 0 Å². The van der Waals surface area contributed by atoms with Crippen LogP contribution in [0.25, 0.3) is 10.9 Å². The zero-order chi connectivity index (χ0) is 18.0. The molecular weight excluding hydrogens is 318 g/mol. The van der Waals surface area contributed by atoms with Crippen molar-refractivity contribution in [1.82, 2.24) is 9.88 Å². The zero-order valence-electron chi connectivity index (χ0n) is 13.9. The number of fused-ring (bicyclic) bond motifs is 1. The standard InChI is InChI=1S/C19H17N3O3/c1-13(15-7-5-8-16(12-15)22(24)25)21(2)19(23)18-11-10-14-6-3-4-9-17(14)20-18/h3-13H,1-2H3/t13-/m1/s1. The van der Waals surface area contributed by atoms with Crippen LogP contribution >= 0.6 is 0 Å². The first-order chi connectivity index (χ1) is 12.0. The molecule has 0 aliphatic carbocycles. The summed E-state index contributed by atoms with van der Waals surface area (Å²) in [6.07, 6.45) is 0. The Labute approximate surface area is 144 Å². The van der Waals surface area contributed by atoms with Crippen molar-refractivity contribution in [3.63, 3.8) is 0 Å². The normalized spacial score (nSPS) is 11.9. The van der Waals surface area contributed by atoms with E-state index < -0.39 is 4.92 Å². The Kier molecular flexibility index (Phi) is 4.43. The van der Waals surface area contributed by atoms with Crippen molar-refractivity contribution in [3.05, 3.63) is 82.0 Å². The number of aromatic nitrogens is 1. The second-order valence-corrected chi connectivity index (χ2v) is 5.83. The van der Waals surface area contributed by atoms with Crippen LogP contribution in [0, 0.1) is 10.1 Å². The van der Waals surface area contributed by atoms with Crippen LogP contribution in [0.3, 0.4) is 0 Å². The minimum Gasteiger partial charge on any atom is -0.334 e. The summed E-state index contributed by atoms with van der Waals surface area (Å²) in [5.41, 5.74) is 1.81. The van der Waals surface area contributed by atoms with E-state index in [1.807, 2.05) is 37.3 Å². The Hall–Kier alpha value is -3.28. The summed E-state index contributed by atoms with van der Waals surface area (Å²) in [5, 5.41) is 11.9. The molecule has 2 aromatic carbocycles. The SMILES string of the molecule is C[C@H](c1cccc([N+](=O)[O-])c1)N(C)C(=O)c1ccc2ccccc2n1. The summed E-state index contributed by atoms with van der Waals surface area (Å²) in [4.78, 5) is 29.2. The quantitative estimate of drug-likeness (QED) is 0.534. The molecule has 1 aromatic heterocycles. The fraction of sp³-hybridized carbons (Fsp3) is 0.158. The van der Waals surface area contributed by atoms with E-state index in [1.54, 1.807) is 25.2 Å². The summed E-state index contributed by atoms with van der Waals surface area (Å²) in [7, 11) is 1.67. The summed E-state index contributed by atoms with van der Waals surface area (Å²) in [5.74, 6) is -0.232. The number of nitro benzene ring substituents is 1. The monoisotopic (exact) mass is 335 g/mol. The van der Waals surface area contributed by atoms with Crippen molar-refractivity contribution in [2.75, 3.05) is 7.05 Å². The Morgan fingerprint density at radius 3 is 2.64 bits per heavy atom. The molecular formula is C19H17N3O3. The highest BCUT2D eigenvalue weighted by Crippen LogP contribution is 2.24.